The van der Waals surface area contributed by atoms with Crippen LogP contribution in [0.1, 0.15) is 25.1 Å². The van der Waals surface area contributed by atoms with Gasteiger partial charge in [0.05, 0.1) is 12.3 Å². The van der Waals surface area contributed by atoms with Crippen molar-refractivity contribution >= 4 is 0 Å². The molecule has 2 N–H and O–H groups in total. The molecule has 1 fully saturated rings. The Morgan fingerprint density at radius 2 is 2.64 bits per heavy atom. The van der Waals surface area contributed by atoms with E-state index < -0.39 is 0 Å². The van der Waals surface area contributed by atoms with Gasteiger partial charge in [-0.25, -0.2) is 0 Å². The fourth-order valence-electron chi connectivity index (χ4n) is 1.87. The summed E-state index contributed by atoms with van der Waals surface area (Å²) in [5, 5.41) is 6.86. The van der Waals surface area contributed by atoms with Crippen LogP contribution in [-0.4, -0.2) is 19.6 Å². The van der Waals surface area contributed by atoms with Gasteiger partial charge in [0.1, 0.15) is 5.76 Å². The van der Waals surface area contributed by atoms with Crippen LogP contribution in [-0.2, 0) is 0 Å². The van der Waals surface area contributed by atoms with Gasteiger partial charge in [-0.05, 0) is 51.0 Å². The highest BCUT2D eigenvalue weighted by Crippen LogP contribution is 2.13. The fraction of sp³-hybridized carbons (Fsp3) is 0.636. The third kappa shape index (κ3) is 2.36. The first kappa shape index (κ1) is 9.74. The van der Waals surface area contributed by atoms with E-state index in [9.17, 15) is 0 Å². The standard InChI is InChI=1S/C11H18N2O/c1-9(11-3-2-6-14-11)13-8-10-4-5-12-7-10/h2-3,6,9-10,12-13H,4-5,7-8H2,1H3/t9-,10+/m1/s1. The largest absolute Gasteiger partial charge is 0.468 e. The van der Waals surface area contributed by atoms with Crippen molar-refractivity contribution in [3.8, 4) is 0 Å². The lowest BCUT2D eigenvalue weighted by Crippen LogP contribution is -2.26. The Kier molecular flexibility index (Phi) is 3.22. The van der Waals surface area contributed by atoms with Crippen LogP contribution in [0.15, 0.2) is 22.8 Å². The van der Waals surface area contributed by atoms with Crippen LogP contribution in [0.5, 0.6) is 0 Å². The lowest BCUT2D eigenvalue weighted by molar-refractivity contribution is 0.403. The summed E-state index contributed by atoms with van der Waals surface area (Å²) in [6, 6.07) is 4.28. The van der Waals surface area contributed by atoms with E-state index in [0.717, 1.165) is 24.8 Å². The van der Waals surface area contributed by atoms with E-state index in [1.165, 1.54) is 13.0 Å². The second kappa shape index (κ2) is 4.62. The minimum absolute atomic E-state index is 0.325. The predicted octanol–water partition coefficient (Wildman–Crippen LogP) is 1.54. The van der Waals surface area contributed by atoms with E-state index in [1.54, 1.807) is 6.26 Å². The summed E-state index contributed by atoms with van der Waals surface area (Å²) in [5.74, 6) is 1.81. The average molecular weight is 194 g/mol. The number of furan rings is 1. The minimum Gasteiger partial charge on any atom is -0.468 e. The summed E-state index contributed by atoms with van der Waals surface area (Å²) >= 11 is 0. The number of nitrogens with one attached hydrogen (secondary N) is 2. The summed E-state index contributed by atoms with van der Waals surface area (Å²) < 4.78 is 5.33. The van der Waals surface area contributed by atoms with Crippen LogP contribution in [0.25, 0.3) is 0 Å². The van der Waals surface area contributed by atoms with Gasteiger partial charge >= 0.3 is 0 Å². The van der Waals surface area contributed by atoms with Crippen molar-refractivity contribution in [2.45, 2.75) is 19.4 Å². The van der Waals surface area contributed by atoms with Crippen LogP contribution in [0.3, 0.4) is 0 Å². The van der Waals surface area contributed by atoms with Crippen LogP contribution in [0, 0.1) is 5.92 Å². The van der Waals surface area contributed by atoms with Crippen molar-refractivity contribution in [3.05, 3.63) is 24.2 Å². The summed E-state index contributed by atoms with van der Waals surface area (Å²) in [6.07, 6.45) is 3.02. The van der Waals surface area contributed by atoms with Crippen molar-refractivity contribution in [1.29, 1.82) is 0 Å². The zero-order valence-electron chi connectivity index (χ0n) is 8.62. The van der Waals surface area contributed by atoms with Gasteiger partial charge < -0.3 is 15.1 Å². The Hall–Kier alpha value is -0.800. The molecule has 0 saturated carbocycles. The van der Waals surface area contributed by atoms with Crippen molar-refractivity contribution in [2.24, 2.45) is 5.92 Å². The maximum Gasteiger partial charge on any atom is 0.120 e. The third-order valence-corrected chi connectivity index (χ3v) is 2.85. The highest BCUT2D eigenvalue weighted by atomic mass is 16.3. The SMILES string of the molecule is C[C@@H](NC[C@H]1CCNC1)c1ccco1. The molecule has 0 aliphatic carbocycles. The monoisotopic (exact) mass is 194 g/mol. The molecule has 2 rings (SSSR count). The maximum atomic E-state index is 5.33. The first-order chi connectivity index (χ1) is 6.86. The van der Waals surface area contributed by atoms with Crippen molar-refractivity contribution < 1.29 is 4.42 Å². The molecule has 2 atom stereocenters. The van der Waals surface area contributed by atoms with Gasteiger partial charge in [-0.1, -0.05) is 0 Å². The number of hydrogen-bond donors (Lipinski definition) is 2. The second-order valence-electron chi connectivity index (χ2n) is 4.00. The Bertz CT molecular complexity index is 252. The third-order valence-electron chi connectivity index (χ3n) is 2.85. The van der Waals surface area contributed by atoms with Crippen molar-refractivity contribution in [1.82, 2.24) is 10.6 Å². The molecule has 2 heterocycles. The van der Waals surface area contributed by atoms with Gasteiger partial charge in [0.15, 0.2) is 0 Å². The molecule has 0 radical (unpaired) electrons. The van der Waals surface area contributed by atoms with Gasteiger partial charge in [-0.15, -0.1) is 0 Å². The van der Waals surface area contributed by atoms with E-state index in [1.807, 2.05) is 12.1 Å². The van der Waals surface area contributed by atoms with Crippen LogP contribution >= 0.6 is 0 Å². The van der Waals surface area contributed by atoms with Crippen LogP contribution in [0.2, 0.25) is 0 Å². The van der Waals surface area contributed by atoms with Gasteiger partial charge in [0, 0.05) is 0 Å². The molecule has 0 amide bonds. The topological polar surface area (TPSA) is 37.2 Å². The number of rotatable bonds is 4. The molecule has 1 aromatic rings. The van der Waals surface area contributed by atoms with E-state index in [2.05, 4.69) is 17.6 Å². The van der Waals surface area contributed by atoms with E-state index in [0.29, 0.717) is 6.04 Å². The Morgan fingerprint density at radius 1 is 1.71 bits per heavy atom. The summed E-state index contributed by atoms with van der Waals surface area (Å²) in [4.78, 5) is 0. The summed E-state index contributed by atoms with van der Waals surface area (Å²) in [5.41, 5.74) is 0. The Balaban J connectivity index is 1.74. The molecule has 0 unspecified atom stereocenters. The average Bonchev–Trinajstić information content (AvgIpc) is 2.87. The summed E-state index contributed by atoms with van der Waals surface area (Å²) in [6.45, 7) is 5.54. The van der Waals surface area contributed by atoms with Crippen molar-refractivity contribution in [3.63, 3.8) is 0 Å². The van der Waals surface area contributed by atoms with Crippen molar-refractivity contribution in [2.75, 3.05) is 19.6 Å². The normalized spacial score (nSPS) is 23.9. The van der Waals surface area contributed by atoms with Gasteiger partial charge in [0.25, 0.3) is 0 Å². The molecular formula is C11H18N2O. The molecule has 3 nitrogen and oxygen atoms in total. The first-order valence-corrected chi connectivity index (χ1v) is 5.34. The highest BCUT2D eigenvalue weighted by molar-refractivity contribution is 5.02. The van der Waals surface area contributed by atoms with Crippen LogP contribution < -0.4 is 10.6 Å². The zero-order chi connectivity index (χ0) is 9.80. The molecular weight excluding hydrogens is 176 g/mol. The van der Waals surface area contributed by atoms with Crippen LogP contribution in [0.4, 0.5) is 0 Å². The number of hydrogen-bond acceptors (Lipinski definition) is 3. The lowest BCUT2D eigenvalue weighted by Gasteiger charge is -2.14. The molecule has 78 valence electrons. The van der Waals surface area contributed by atoms with Gasteiger partial charge in [-0.3, -0.25) is 0 Å². The Labute approximate surface area is 84.9 Å². The quantitative estimate of drug-likeness (QED) is 0.763. The predicted molar refractivity (Wildman–Crippen MR) is 56.1 cm³/mol. The molecule has 0 bridgehead atoms. The molecule has 0 aromatic carbocycles. The van der Waals surface area contributed by atoms with E-state index in [-0.39, 0.29) is 0 Å². The smallest absolute Gasteiger partial charge is 0.120 e. The molecule has 14 heavy (non-hydrogen) atoms. The molecule has 1 aliphatic heterocycles. The molecule has 1 aliphatic rings. The summed E-state index contributed by atoms with van der Waals surface area (Å²) in [7, 11) is 0. The molecule has 1 aromatic heterocycles. The lowest BCUT2D eigenvalue weighted by atomic mass is 10.1. The molecule has 0 spiro atoms. The highest BCUT2D eigenvalue weighted by Gasteiger charge is 2.15. The van der Waals surface area contributed by atoms with E-state index >= 15 is 0 Å². The minimum atomic E-state index is 0.325. The fourth-order valence-corrected chi connectivity index (χ4v) is 1.87. The van der Waals surface area contributed by atoms with Gasteiger partial charge in [0.2, 0.25) is 0 Å². The molecule has 3 heteroatoms. The van der Waals surface area contributed by atoms with E-state index in [4.69, 9.17) is 4.42 Å². The Morgan fingerprint density at radius 3 is 3.29 bits per heavy atom. The molecule has 1 saturated heterocycles. The second-order valence-corrected chi connectivity index (χ2v) is 4.00. The first-order valence-electron chi connectivity index (χ1n) is 5.34. The van der Waals surface area contributed by atoms with Gasteiger partial charge in [-0.2, -0.15) is 0 Å². The zero-order valence-corrected chi connectivity index (χ0v) is 8.62. The maximum absolute atomic E-state index is 5.33.